The predicted octanol–water partition coefficient (Wildman–Crippen LogP) is 4.44. The molecule has 0 bridgehead atoms. The molecule has 3 aromatic rings. The van der Waals surface area contributed by atoms with Crippen LogP contribution < -0.4 is 5.32 Å². The molecule has 1 aliphatic heterocycles. The molecule has 1 atom stereocenters. The second-order valence-electron chi connectivity index (χ2n) is 7.65. The van der Waals surface area contributed by atoms with Crippen LogP contribution in [-0.4, -0.2) is 36.2 Å². The number of aromatic nitrogens is 1. The van der Waals surface area contributed by atoms with Crippen molar-refractivity contribution in [2.45, 2.75) is 36.5 Å². The first kappa shape index (κ1) is 24.3. The number of alkyl halides is 3. The Kier molecular flexibility index (Phi) is 6.74. The molecular formula is C22H19F4N3O3S2. The molecule has 6 nitrogen and oxygen atoms in total. The highest BCUT2D eigenvalue weighted by Gasteiger charge is 2.39. The topological polar surface area (TPSA) is 79.4 Å². The lowest BCUT2D eigenvalue weighted by molar-refractivity contribution is -0.137. The average Bonchev–Trinajstić information content (AvgIpc) is 3.48. The zero-order valence-electron chi connectivity index (χ0n) is 17.5. The second kappa shape index (κ2) is 9.43. The van der Waals surface area contributed by atoms with E-state index in [2.05, 4.69) is 10.3 Å². The van der Waals surface area contributed by atoms with Crippen LogP contribution in [0, 0.1) is 5.82 Å². The lowest BCUT2D eigenvalue weighted by Crippen LogP contribution is -2.45. The van der Waals surface area contributed by atoms with Crippen LogP contribution in [0.2, 0.25) is 0 Å². The summed E-state index contributed by atoms with van der Waals surface area (Å²) >= 11 is 1.23. The van der Waals surface area contributed by atoms with Gasteiger partial charge >= 0.3 is 6.18 Å². The number of carbonyl (C=O) groups is 1. The second-order valence-corrected chi connectivity index (χ2v) is 10.5. The largest absolute Gasteiger partial charge is 0.416 e. The molecule has 1 amide bonds. The van der Waals surface area contributed by atoms with Crippen molar-refractivity contribution in [3.63, 3.8) is 0 Å². The molecule has 1 N–H and O–H groups in total. The van der Waals surface area contributed by atoms with Crippen molar-refractivity contribution in [3.05, 3.63) is 70.3 Å². The Morgan fingerprint density at radius 2 is 1.79 bits per heavy atom. The van der Waals surface area contributed by atoms with Gasteiger partial charge < -0.3 is 5.32 Å². The Bertz CT molecular complexity index is 1270. The molecule has 1 aromatic heterocycles. The summed E-state index contributed by atoms with van der Waals surface area (Å²) in [6.07, 6.45) is -3.57. The lowest BCUT2D eigenvalue weighted by Gasteiger charge is -2.23. The number of thiazole rings is 1. The summed E-state index contributed by atoms with van der Waals surface area (Å²) in [4.78, 5) is 17.0. The Labute approximate surface area is 197 Å². The summed E-state index contributed by atoms with van der Waals surface area (Å²) in [5.74, 6) is -1.04. The molecule has 1 fully saturated rings. The number of halogens is 4. The molecule has 34 heavy (non-hydrogen) atoms. The molecule has 0 unspecified atom stereocenters. The number of nitrogens with one attached hydrogen (secondary N) is 1. The van der Waals surface area contributed by atoms with E-state index in [1.807, 2.05) is 0 Å². The van der Waals surface area contributed by atoms with Crippen LogP contribution in [0.25, 0.3) is 11.3 Å². The smallest absolute Gasteiger partial charge is 0.348 e. The third-order valence-electron chi connectivity index (χ3n) is 5.40. The number of benzene rings is 2. The fourth-order valence-electron chi connectivity index (χ4n) is 3.67. The van der Waals surface area contributed by atoms with Gasteiger partial charge in [-0.1, -0.05) is 12.1 Å². The first-order chi connectivity index (χ1) is 16.1. The van der Waals surface area contributed by atoms with Gasteiger partial charge in [0.1, 0.15) is 16.9 Å². The minimum atomic E-state index is -4.42. The van der Waals surface area contributed by atoms with Crippen LogP contribution in [0.5, 0.6) is 0 Å². The molecule has 2 heterocycles. The molecular weight excluding hydrogens is 494 g/mol. The van der Waals surface area contributed by atoms with Crippen molar-refractivity contribution in [2.75, 3.05) is 6.54 Å². The zero-order chi connectivity index (χ0) is 24.5. The highest BCUT2D eigenvalue weighted by atomic mass is 32.2. The summed E-state index contributed by atoms with van der Waals surface area (Å²) in [5, 5.41) is 4.89. The van der Waals surface area contributed by atoms with Crippen LogP contribution in [0.1, 0.15) is 23.4 Å². The number of amides is 1. The normalized spacial score (nSPS) is 17.1. The van der Waals surface area contributed by atoms with E-state index in [1.54, 1.807) is 5.38 Å². The maximum absolute atomic E-state index is 13.2. The Balaban J connectivity index is 1.41. The third-order valence-corrected chi connectivity index (χ3v) is 8.17. The summed E-state index contributed by atoms with van der Waals surface area (Å²) in [5.41, 5.74) is 0.231. The number of sulfonamides is 1. The number of hydrogen-bond donors (Lipinski definition) is 1. The Hall–Kier alpha value is -2.83. The Morgan fingerprint density at radius 3 is 2.44 bits per heavy atom. The van der Waals surface area contributed by atoms with Gasteiger partial charge in [-0.3, -0.25) is 4.79 Å². The van der Waals surface area contributed by atoms with Crippen LogP contribution in [0.15, 0.2) is 58.8 Å². The third kappa shape index (κ3) is 5.13. The van der Waals surface area contributed by atoms with Gasteiger partial charge in [0.25, 0.3) is 0 Å². The molecule has 180 valence electrons. The summed E-state index contributed by atoms with van der Waals surface area (Å²) in [6.45, 7) is 0.220. The fraction of sp³-hybridized carbons (Fsp3) is 0.273. The van der Waals surface area contributed by atoms with E-state index in [0.717, 1.165) is 40.7 Å². The van der Waals surface area contributed by atoms with E-state index in [1.165, 1.54) is 23.5 Å². The van der Waals surface area contributed by atoms with Crippen LogP contribution in [0.4, 0.5) is 17.6 Å². The first-order valence-corrected chi connectivity index (χ1v) is 12.5. The maximum Gasteiger partial charge on any atom is 0.416 e. The van der Waals surface area contributed by atoms with Crippen LogP contribution in [0.3, 0.4) is 0 Å². The molecule has 1 saturated heterocycles. The summed E-state index contributed by atoms with van der Waals surface area (Å²) < 4.78 is 78.3. The summed E-state index contributed by atoms with van der Waals surface area (Å²) in [7, 11) is -3.97. The van der Waals surface area contributed by atoms with Gasteiger partial charge in [0, 0.05) is 17.5 Å². The zero-order valence-corrected chi connectivity index (χ0v) is 19.2. The van der Waals surface area contributed by atoms with Crippen LogP contribution >= 0.6 is 11.3 Å². The molecule has 4 rings (SSSR count). The summed E-state index contributed by atoms with van der Waals surface area (Å²) in [6, 6.07) is 8.15. The van der Waals surface area contributed by atoms with Gasteiger partial charge in [0.05, 0.1) is 22.7 Å². The standard InChI is InChI=1S/C22H19F4N3O3S2/c23-16-7-9-17(10-8-16)34(31,32)29-11-1-2-19(29)21(30)27-12-20-28-18(13-33-20)14-3-5-15(6-4-14)22(24,25)26/h3-10,13,19H,1-2,11-12H2,(H,27,30)/t19-/m0/s1. The van der Waals surface area contributed by atoms with Crippen molar-refractivity contribution in [1.29, 1.82) is 0 Å². The monoisotopic (exact) mass is 513 g/mol. The van der Waals surface area contributed by atoms with Crippen molar-refractivity contribution < 1.29 is 30.8 Å². The van der Waals surface area contributed by atoms with E-state index >= 15 is 0 Å². The molecule has 12 heteroatoms. The van der Waals surface area contributed by atoms with E-state index in [-0.39, 0.29) is 18.0 Å². The van der Waals surface area contributed by atoms with Crippen molar-refractivity contribution in [3.8, 4) is 11.3 Å². The molecule has 1 aliphatic rings. The highest BCUT2D eigenvalue weighted by Crippen LogP contribution is 2.31. The van der Waals surface area contributed by atoms with Gasteiger partial charge in [-0.25, -0.2) is 17.8 Å². The van der Waals surface area contributed by atoms with E-state index < -0.39 is 39.5 Å². The lowest BCUT2D eigenvalue weighted by atomic mass is 10.1. The molecule has 2 aromatic carbocycles. The molecule has 0 aliphatic carbocycles. The SMILES string of the molecule is O=C(NCc1nc(-c2ccc(C(F)(F)F)cc2)cs1)[C@@H]1CCCN1S(=O)(=O)c1ccc(F)cc1. The number of nitrogens with zero attached hydrogens (tertiary/aromatic N) is 2. The van der Waals surface area contributed by atoms with E-state index in [9.17, 15) is 30.8 Å². The number of rotatable bonds is 6. The van der Waals surface area contributed by atoms with Crippen molar-refractivity contribution in [1.82, 2.24) is 14.6 Å². The predicted molar refractivity (Wildman–Crippen MR) is 118 cm³/mol. The van der Waals surface area contributed by atoms with Gasteiger partial charge in [0.2, 0.25) is 15.9 Å². The minimum Gasteiger partial charge on any atom is -0.348 e. The number of hydrogen-bond acceptors (Lipinski definition) is 5. The molecule has 0 radical (unpaired) electrons. The van der Waals surface area contributed by atoms with Gasteiger partial charge in [0.15, 0.2) is 0 Å². The van der Waals surface area contributed by atoms with Crippen molar-refractivity contribution >= 4 is 27.3 Å². The van der Waals surface area contributed by atoms with Gasteiger partial charge in [-0.2, -0.15) is 17.5 Å². The van der Waals surface area contributed by atoms with Gasteiger partial charge in [-0.15, -0.1) is 11.3 Å². The average molecular weight is 514 g/mol. The van der Waals surface area contributed by atoms with Gasteiger partial charge in [-0.05, 0) is 49.2 Å². The first-order valence-electron chi connectivity index (χ1n) is 10.2. The Morgan fingerprint density at radius 1 is 1.12 bits per heavy atom. The minimum absolute atomic E-state index is 0.0467. The maximum atomic E-state index is 13.2. The van der Waals surface area contributed by atoms with Crippen molar-refractivity contribution in [2.24, 2.45) is 0 Å². The quantitative estimate of drug-likeness (QED) is 0.495. The molecule has 0 saturated carbocycles. The highest BCUT2D eigenvalue weighted by molar-refractivity contribution is 7.89. The fourth-order valence-corrected chi connectivity index (χ4v) is 6.07. The molecule has 0 spiro atoms. The van der Waals surface area contributed by atoms with Crippen LogP contribution in [-0.2, 0) is 27.5 Å². The van der Waals surface area contributed by atoms with E-state index in [4.69, 9.17) is 0 Å². The van der Waals surface area contributed by atoms with E-state index in [0.29, 0.717) is 29.1 Å². The number of carbonyl (C=O) groups excluding carboxylic acids is 1.